The van der Waals surface area contributed by atoms with E-state index in [4.69, 9.17) is 16.3 Å². The summed E-state index contributed by atoms with van der Waals surface area (Å²) in [5.41, 5.74) is 0.657. The molecule has 130 valence electrons. The van der Waals surface area contributed by atoms with Crippen molar-refractivity contribution in [3.05, 3.63) is 23.0 Å². The number of hydrogen-bond donors (Lipinski definition) is 0. The fourth-order valence-corrected chi connectivity index (χ4v) is 2.97. The molecule has 1 aliphatic rings. The molecule has 1 unspecified atom stereocenters. The zero-order valence-electron chi connectivity index (χ0n) is 13.9. The summed E-state index contributed by atoms with van der Waals surface area (Å²) >= 11 is 5.76. The normalized spacial score (nSPS) is 18.4. The summed E-state index contributed by atoms with van der Waals surface area (Å²) in [6.45, 7) is 7.34. The van der Waals surface area contributed by atoms with Crippen molar-refractivity contribution in [2.75, 3.05) is 13.1 Å². The summed E-state index contributed by atoms with van der Waals surface area (Å²) in [6, 6.07) is 2.82. The molecule has 1 atom stereocenters. The Labute approximate surface area is 144 Å². The molecule has 0 saturated carbocycles. The van der Waals surface area contributed by atoms with E-state index in [1.165, 1.54) is 12.1 Å². The number of halogens is 2. The third-order valence-electron chi connectivity index (χ3n) is 3.92. The lowest BCUT2D eigenvalue weighted by Gasteiger charge is -2.24. The first-order chi connectivity index (χ1) is 11.2. The van der Waals surface area contributed by atoms with E-state index in [0.717, 1.165) is 6.42 Å². The van der Waals surface area contributed by atoms with Gasteiger partial charge in [-0.2, -0.15) is 0 Å². The van der Waals surface area contributed by atoms with Crippen molar-refractivity contribution in [2.24, 2.45) is 5.92 Å². The topological polar surface area (TPSA) is 60.2 Å². The van der Waals surface area contributed by atoms with Crippen LogP contribution in [0.3, 0.4) is 0 Å². The van der Waals surface area contributed by atoms with E-state index in [1.54, 1.807) is 9.58 Å². The van der Waals surface area contributed by atoms with Crippen LogP contribution in [0.2, 0.25) is 5.02 Å². The third-order valence-corrected chi connectivity index (χ3v) is 4.21. The van der Waals surface area contributed by atoms with Crippen molar-refractivity contribution >= 4 is 28.7 Å². The molecule has 0 N–H and O–H groups in total. The predicted octanol–water partition coefficient (Wildman–Crippen LogP) is 3.48. The number of aromatic nitrogens is 3. The summed E-state index contributed by atoms with van der Waals surface area (Å²) < 4.78 is 20.7. The van der Waals surface area contributed by atoms with Gasteiger partial charge in [0.05, 0.1) is 10.5 Å². The molecule has 3 rings (SSSR count). The molecule has 0 bridgehead atoms. The first-order valence-corrected chi connectivity index (χ1v) is 8.27. The number of amides is 1. The molecule has 8 heteroatoms. The Morgan fingerprint density at radius 1 is 1.46 bits per heavy atom. The first kappa shape index (κ1) is 17.0. The van der Waals surface area contributed by atoms with Crippen LogP contribution in [0, 0.1) is 11.7 Å². The number of likely N-dealkylation sites (tertiary alicyclic amines) is 1. The largest absolute Gasteiger partial charge is 0.444 e. The monoisotopic (exact) mass is 354 g/mol. The van der Waals surface area contributed by atoms with Gasteiger partial charge in [-0.1, -0.05) is 16.8 Å². The average molecular weight is 355 g/mol. The van der Waals surface area contributed by atoms with Crippen LogP contribution in [-0.2, 0) is 11.3 Å². The molecule has 6 nitrogen and oxygen atoms in total. The van der Waals surface area contributed by atoms with E-state index >= 15 is 0 Å². The Morgan fingerprint density at radius 2 is 2.21 bits per heavy atom. The Kier molecular flexibility index (Phi) is 4.38. The fraction of sp³-hybridized carbons (Fsp3) is 0.562. The maximum atomic E-state index is 13.7. The van der Waals surface area contributed by atoms with Crippen molar-refractivity contribution in [3.63, 3.8) is 0 Å². The maximum absolute atomic E-state index is 13.7. The van der Waals surface area contributed by atoms with Gasteiger partial charge in [0.2, 0.25) is 0 Å². The third kappa shape index (κ3) is 3.61. The number of ether oxygens (including phenoxy) is 1. The molecule has 24 heavy (non-hydrogen) atoms. The molecule has 0 spiro atoms. The summed E-state index contributed by atoms with van der Waals surface area (Å²) in [7, 11) is 0. The van der Waals surface area contributed by atoms with Gasteiger partial charge in [0.15, 0.2) is 0 Å². The van der Waals surface area contributed by atoms with Crippen molar-refractivity contribution in [2.45, 2.75) is 39.3 Å². The van der Waals surface area contributed by atoms with Crippen LogP contribution in [0.4, 0.5) is 9.18 Å². The highest BCUT2D eigenvalue weighted by Gasteiger charge is 2.30. The second kappa shape index (κ2) is 6.20. The van der Waals surface area contributed by atoms with E-state index in [9.17, 15) is 9.18 Å². The highest BCUT2D eigenvalue weighted by atomic mass is 35.5. The molecule has 2 aromatic rings. The average Bonchev–Trinajstić information content (AvgIpc) is 3.07. The van der Waals surface area contributed by atoms with Gasteiger partial charge in [0, 0.05) is 25.7 Å². The van der Waals surface area contributed by atoms with Gasteiger partial charge in [-0.15, -0.1) is 5.10 Å². The SMILES string of the molecule is CC(C)(C)OC(=O)N1CCC(Cn2nnc3cc(Cl)c(F)cc32)C1. The van der Waals surface area contributed by atoms with Crippen LogP contribution in [0.1, 0.15) is 27.2 Å². The van der Waals surface area contributed by atoms with Gasteiger partial charge in [0.1, 0.15) is 16.9 Å². The van der Waals surface area contributed by atoms with Gasteiger partial charge in [0.25, 0.3) is 0 Å². The molecule has 1 amide bonds. The van der Waals surface area contributed by atoms with Crippen LogP contribution >= 0.6 is 11.6 Å². The quantitative estimate of drug-likeness (QED) is 0.828. The van der Waals surface area contributed by atoms with Crippen LogP contribution in [0.15, 0.2) is 12.1 Å². The number of hydrogen-bond acceptors (Lipinski definition) is 4. The number of carbonyl (C=O) groups excluding carboxylic acids is 1. The lowest BCUT2D eigenvalue weighted by atomic mass is 10.1. The van der Waals surface area contributed by atoms with Crippen molar-refractivity contribution in [3.8, 4) is 0 Å². The number of fused-ring (bicyclic) bond motifs is 1. The molecular formula is C16H20ClFN4O2. The van der Waals surface area contributed by atoms with Gasteiger partial charge in [-0.25, -0.2) is 13.9 Å². The molecule has 1 saturated heterocycles. The summed E-state index contributed by atoms with van der Waals surface area (Å²) in [6.07, 6.45) is 0.544. The molecule has 1 fully saturated rings. The number of benzene rings is 1. The Balaban J connectivity index is 1.68. The second-order valence-electron chi connectivity index (χ2n) is 7.11. The minimum absolute atomic E-state index is 0.0338. The highest BCUT2D eigenvalue weighted by Crippen LogP contribution is 2.24. The number of nitrogens with zero attached hydrogens (tertiary/aromatic N) is 4. The number of rotatable bonds is 2. The molecular weight excluding hydrogens is 335 g/mol. The molecule has 1 aliphatic heterocycles. The fourth-order valence-electron chi connectivity index (χ4n) is 2.82. The Hall–Kier alpha value is -1.89. The molecule has 1 aromatic heterocycles. The molecule has 0 aliphatic carbocycles. The maximum Gasteiger partial charge on any atom is 0.410 e. The first-order valence-electron chi connectivity index (χ1n) is 7.89. The van der Waals surface area contributed by atoms with Gasteiger partial charge < -0.3 is 9.64 Å². The lowest BCUT2D eigenvalue weighted by Crippen LogP contribution is -2.35. The predicted molar refractivity (Wildman–Crippen MR) is 88.4 cm³/mol. The van der Waals surface area contributed by atoms with E-state index < -0.39 is 11.4 Å². The van der Waals surface area contributed by atoms with Gasteiger partial charge in [-0.3, -0.25) is 0 Å². The van der Waals surface area contributed by atoms with E-state index in [-0.39, 0.29) is 17.0 Å². The standard InChI is InChI=1S/C16H20ClFN4O2/c1-16(2,3)24-15(23)21-5-4-10(8-21)9-22-14-7-12(18)11(17)6-13(14)19-20-22/h6-7,10H,4-5,8-9H2,1-3H3. The van der Waals surface area contributed by atoms with Crippen LogP contribution in [0.5, 0.6) is 0 Å². The van der Waals surface area contributed by atoms with Crippen molar-refractivity contribution in [1.82, 2.24) is 19.9 Å². The van der Waals surface area contributed by atoms with Gasteiger partial charge in [-0.05, 0) is 39.2 Å². The Morgan fingerprint density at radius 3 is 2.92 bits per heavy atom. The summed E-state index contributed by atoms with van der Waals surface area (Å²) in [5, 5.41) is 8.13. The number of carbonyl (C=O) groups is 1. The lowest BCUT2D eigenvalue weighted by molar-refractivity contribution is 0.0287. The van der Waals surface area contributed by atoms with E-state index in [0.29, 0.717) is 30.7 Å². The van der Waals surface area contributed by atoms with Crippen molar-refractivity contribution < 1.29 is 13.9 Å². The molecule has 0 radical (unpaired) electrons. The van der Waals surface area contributed by atoms with E-state index in [1.807, 2.05) is 20.8 Å². The van der Waals surface area contributed by atoms with Gasteiger partial charge >= 0.3 is 6.09 Å². The smallest absolute Gasteiger partial charge is 0.410 e. The van der Waals surface area contributed by atoms with Crippen LogP contribution < -0.4 is 0 Å². The molecule has 1 aromatic carbocycles. The summed E-state index contributed by atoms with van der Waals surface area (Å²) in [4.78, 5) is 13.8. The minimum Gasteiger partial charge on any atom is -0.444 e. The highest BCUT2D eigenvalue weighted by molar-refractivity contribution is 6.31. The van der Waals surface area contributed by atoms with Crippen LogP contribution in [-0.4, -0.2) is 44.7 Å². The van der Waals surface area contributed by atoms with Crippen molar-refractivity contribution in [1.29, 1.82) is 0 Å². The molecule has 2 heterocycles. The summed E-state index contributed by atoms with van der Waals surface area (Å²) in [5.74, 6) is -0.268. The Bertz CT molecular complexity index is 771. The zero-order valence-corrected chi connectivity index (χ0v) is 14.7. The minimum atomic E-state index is -0.506. The zero-order chi connectivity index (χ0) is 17.5. The van der Waals surface area contributed by atoms with E-state index in [2.05, 4.69) is 10.3 Å². The van der Waals surface area contributed by atoms with Crippen LogP contribution in [0.25, 0.3) is 11.0 Å². The second-order valence-corrected chi connectivity index (χ2v) is 7.51.